The van der Waals surface area contributed by atoms with Crippen molar-refractivity contribution in [3.8, 4) is 28.0 Å². The number of rotatable bonds is 3. The van der Waals surface area contributed by atoms with Crippen LogP contribution in [0.1, 0.15) is 16.3 Å². The molecule has 6 nitrogen and oxygen atoms in total. The minimum absolute atomic E-state index is 0.0551. The van der Waals surface area contributed by atoms with Crippen LogP contribution in [0.2, 0.25) is 0 Å². The van der Waals surface area contributed by atoms with E-state index in [4.69, 9.17) is 15.5 Å². The first-order chi connectivity index (χ1) is 11.4. The zero-order chi connectivity index (χ0) is 17.4. The number of nitrogens with zero attached hydrogens (tertiary/aromatic N) is 2. The predicted octanol–water partition coefficient (Wildman–Crippen LogP) is 3.63. The summed E-state index contributed by atoms with van der Waals surface area (Å²) >= 11 is 1.26. The Bertz CT molecular complexity index is 927. The number of halogens is 1. The Kier molecular flexibility index (Phi) is 3.98. The molecule has 2 heterocycles. The lowest BCUT2D eigenvalue weighted by Crippen LogP contribution is -2.12. The molecule has 2 aromatic heterocycles. The number of hydrogen-bond acceptors (Lipinski definition) is 6. The van der Waals surface area contributed by atoms with Gasteiger partial charge in [0.05, 0.1) is 10.6 Å². The topological polar surface area (TPSA) is 105 Å². The molecule has 0 unspecified atom stereocenters. The molecule has 0 atom stereocenters. The molecule has 0 amide bonds. The second-order valence-electron chi connectivity index (χ2n) is 5.20. The van der Waals surface area contributed by atoms with E-state index in [-0.39, 0.29) is 5.84 Å². The molecule has 0 bridgehead atoms. The SMILES string of the molecule is Cc1noc(C)c1-c1c(-c2ccc(O)c(F)c2)csc1/C(N)=N/O. The molecule has 4 N–H and O–H groups in total. The Morgan fingerprint density at radius 2 is 2.08 bits per heavy atom. The van der Waals surface area contributed by atoms with Crippen LogP contribution in [0.15, 0.2) is 33.3 Å². The number of aromatic nitrogens is 1. The minimum atomic E-state index is -0.728. The van der Waals surface area contributed by atoms with Gasteiger partial charge >= 0.3 is 0 Å². The van der Waals surface area contributed by atoms with Gasteiger partial charge in [0.15, 0.2) is 17.4 Å². The molecule has 3 aromatic rings. The summed E-state index contributed by atoms with van der Waals surface area (Å²) in [6.45, 7) is 3.53. The van der Waals surface area contributed by atoms with Gasteiger partial charge in [-0.1, -0.05) is 16.4 Å². The molecule has 0 spiro atoms. The molecule has 1 aromatic carbocycles. The summed E-state index contributed by atoms with van der Waals surface area (Å²) in [4.78, 5) is 0.524. The van der Waals surface area contributed by atoms with Gasteiger partial charge in [-0.25, -0.2) is 4.39 Å². The zero-order valence-electron chi connectivity index (χ0n) is 12.9. The third-order valence-electron chi connectivity index (χ3n) is 3.67. The van der Waals surface area contributed by atoms with Crippen LogP contribution in [0.5, 0.6) is 5.75 Å². The Labute approximate surface area is 140 Å². The monoisotopic (exact) mass is 347 g/mol. The standard InChI is InChI=1S/C16H14FN3O3S/c1-7-13(8(2)23-20-7)14-10(6-24-15(14)16(18)19-22)9-3-4-12(21)11(17)5-9/h3-6,21-22H,1-2H3,(H2,18,19). The summed E-state index contributed by atoms with van der Waals surface area (Å²) < 4.78 is 19.0. The van der Waals surface area contributed by atoms with E-state index < -0.39 is 11.6 Å². The quantitative estimate of drug-likeness (QED) is 0.290. The van der Waals surface area contributed by atoms with Crippen LogP contribution in [0, 0.1) is 19.7 Å². The molecule has 3 rings (SSSR count). The molecule has 0 aliphatic rings. The van der Waals surface area contributed by atoms with E-state index >= 15 is 0 Å². The zero-order valence-corrected chi connectivity index (χ0v) is 13.7. The normalized spacial score (nSPS) is 11.9. The fourth-order valence-electron chi connectivity index (χ4n) is 2.57. The molecular weight excluding hydrogens is 333 g/mol. The van der Waals surface area contributed by atoms with Crippen LogP contribution in [-0.4, -0.2) is 21.3 Å². The summed E-state index contributed by atoms with van der Waals surface area (Å²) in [5, 5.41) is 27.2. The van der Waals surface area contributed by atoms with Gasteiger partial charge in [0.2, 0.25) is 0 Å². The average molecular weight is 347 g/mol. The van der Waals surface area contributed by atoms with Crippen LogP contribution in [0.25, 0.3) is 22.3 Å². The second kappa shape index (κ2) is 5.97. The molecule has 0 fully saturated rings. The van der Waals surface area contributed by atoms with Crippen LogP contribution in [0.4, 0.5) is 4.39 Å². The number of phenolic OH excluding ortho intramolecular Hbond substituents is 1. The second-order valence-corrected chi connectivity index (χ2v) is 6.08. The molecule has 0 saturated heterocycles. The first kappa shape index (κ1) is 16.0. The maximum atomic E-state index is 13.8. The Hall–Kier alpha value is -2.87. The Morgan fingerprint density at radius 1 is 1.33 bits per heavy atom. The number of nitrogens with two attached hydrogens (primary N) is 1. The van der Waals surface area contributed by atoms with Crippen LogP contribution >= 0.6 is 11.3 Å². The van der Waals surface area contributed by atoms with Crippen molar-refractivity contribution in [3.05, 3.63) is 45.7 Å². The van der Waals surface area contributed by atoms with Gasteiger partial charge in [0, 0.05) is 16.7 Å². The van der Waals surface area contributed by atoms with Crippen molar-refractivity contribution in [1.29, 1.82) is 0 Å². The highest BCUT2D eigenvalue weighted by Crippen LogP contribution is 2.42. The van der Waals surface area contributed by atoms with E-state index in [0.717, 1.165) is 0 Å². The molecule has 0 saturated carbocycles. The largest absolute Gasteiger partial charge is 0.505 e. The van der Waals surface area contributed by atoms with Gasteiger partial charge in [0.25, 0.3) is 0 Å². The number of benzene rings is 1. The van der Waals surface area contributed by atoms with E-state index in [9.17, 15) is 9.50 Å². The number of thiophene rings is 1. The van der Waals surface area contributed by atoms with Crippen LogP contribution in [0.3, 0.4) is 0 Å². The molecule has 0 radical (unpaired) electrons. The summed E-state index contributed by atoms with van der Waals surface area (Å²) in [7, 11) is 0. The van der Waals surface area contributed by atoms with Gasteiger partial charge in [-0.3, -0.25) is 0 Å². The maximum Gasteiger partial charge on any atom is 0.180 e. The van der Waals surface area contributed by atoms with E-state index in [2.05, 4.69) is 10.3 Å². The predicted molar refractivity (Wildman–Crippen MR) is 88.9 cm³/mol. The van der Waals surface area contributed by atoms with Crippen LogP contribution in [-0.2, 0) is 0 Å². The van der Waals surface area contributed by atoms with E-state index in [1.807, 2.05) is 0 Å². The third kappa shape index (κ3) is 2.50. The smallest absolute Gasteiger partial charge is 0.180 e. The lowest BCUT2D eigenvalue weighted by atomic mass is 9.95. The average Bonchev–Trinajstić information content (AvgIpc) is 3.12. The first-order valence-electron chi connectivity index (χ1n) is 6.95. The molecule has 124 valence electrons. The van der Waals surface area contributed by atoms with Crippen molar-refractivity contribution in [2.45, 2.75) is 13.8 Å². The Morgan fingerprint density at radius 3 is 2.67 bits per heavy atom. The van der Waals surface area contributed by atoms with Crippen molar-refractivity contribution >= 4 is 17.2 Å². The number of aryl methyl sites for hydroxylation is 2. The van der Waals surface area contributed by atoms with Crippen molar-refractivity contribution in [2.75, 3.05) is 0 Å². The first-order valence-corrected chi connectivity index (χ1v) is 7.83. The summed E-state index contributed by atoms with van der Waals surface area (Å²) in [5.74, 6) is -0.642. The highest BCUT2D eigenvalue weighted by molar-refractivity contribution is 7.13. The lowest BCUT2D eigenvalue weighted by molar-refractivity contribution is 0.319. The van der Waals surface area contributed by atoms with Crippen LogP contribution < -0.4 is 5.73 Å². The highest BCUT2D eigenvalue weighted by Gasteiger charge is 2.24. The van der Waals surface area contributed by atoms with Crippen molar-refractivity contribution in [3.63, 3.8) is 0 Å². The number of oxime groups is 1. The van der Waals surface area contributed by atoms with Crippen molar-refractivity contribution in [1.82, 2.24) is 5.16 Å². The number of hydrogen-bond donors (Lipinski definition) is 3. The number of amidine groups is 1. The van der Waals surface area contributed by atoms with Crippen molar-refractivity contribution < 1.29 is 19.2 Å². The van der Waals surface area contributed by atoms with Gasteiger partial charge < -0.3 is 20.6 Å². The molecule has 0 aliphatic carbocycles. The summed E-state index contributed by atoms with van der Waals surface area (Å²) in [5.41, 5.74) is 9.01. The van der Waals surface area contributed by atoms with Gasteiger partial charge in [-0.05, 0) is 36.9 Å². The molecule has 8 heteroatoms. The highest BCUT2D eigenvalue weighted by atomic mass is 32.1. The van der Waals surface area contributed by atoms with E-state index in [0.29, 0.717) is 38.6 Å². The molecule has 24 heavy (non-hydrogen) atoms. The minimum Gasteiger partial charge on any atom is -0.505 e. The van der Waals surface area contributed by atoms with Crippen molar-refractivity contribution in [2.24, 2.45) is 10.9 Å². The van der Waals surface area contributed by atoms with Gasteiger partial charge in [-0.15, -0.1) is 11.3 Å². The fraction of sp³-hybridized carbons (Fsp3) is 0.125. The van der Waals surface area contributed by atoms with E-state index in [1.165, 1.54) is 23.5 Å². The van der Waals surface area contributed by atoms with Gasteiger partial charge in [0.1, 0.15) is 5.76 Å². The third-order valence-corrected chi connectivity index (χ3v) is 4.68. The number of phenols is 1. The fourth-order valence-corrected chi connectivity index (χ4v) is 3.55. The maximum absolute atomic E-state index is 13.8. The Balaban J connectivity index is 2.32. The summed E-state index contributed by atoms with van der Waals surface area (Å²) in [6, 6.07) is 4.11. The lowest BCUT2D eigenvalue weighted by Gasteiger charge is -2.08. The van der Waals surface area contributed by atoms with Gasteiger partial charge in [-0.2, -0.15) is 0 Å². The van der Waals surface area contributed by atoms with E-state index in [1.54, 1.807) is 25.3 Å². The molecule has 0 aliphatic heterocycles. The summed E-state index contributed by atoms with van der Waals surface area (Å²) in [6.07, 6.45) is 0. The number of aromatic hydroxyl groups is 1. The molecular formula is C16H14FN3O3S.